The third-order valence-corrected chi connectivity index (χ3v) is 3.63. The third kappa shape index (κ3) is 1.24. The zero-order valence-corrected chi connectivity index (χ0v) is 8.91. The smallest absolute Gasteiger partial charge is 0.338 e. The Bertz CT molecular complexity index is 366. The highest BCUT2D eigenvalue weighted by Gasteiger charge is 2.42. The van der Waals surface area contributed by atoms with Crippen LogP contribution >= 0.6 is 22.6 Å². The molecule has 1 aliphatic heterocycles. The van der Waals surface area contributed by atoms with Crippen molar-refractivity contribution in [1.29, 1.82) is 0 Å². The summed E-state index contributed by atoms with van der Waals surface area (Å²) in [7, 11) is 0. The number of rotatable bonds is 1. The zero-order chi connectivity index (χ0) is 9.47. The van der Waals surface area contributed by atoms with E-state index in [9.17, 15) is 4.79 Å². The first-order chi connectivity index (χ1) is 6.14. The van der Waals surface area contributed by atoms with Crippen molar-refractivity contribution in [2.75, 3.05) is 0 Å². The van der Waals surface area contributed by atoms with Crippen LogP contribution in [0.15, 0.2) is 24.3 Å². The number of nitrogens with one attached hydrogen (secondary N) is 1. The van der Waals surface area contributed by atoms with Crippen LogP contribution in [0.5, 0.6) is 0 Å². The van der Waals surface area contributed by atoms with E-state index in [0.717, 1.165) is 11.1 Å². The van der Waals surface area contributed by atoms with Crippen LogP contribution in [-0.4, -0.2) is 11.1 Å². The van der Waals surface area contributed by atoms with Gasteiger partial charge in [0.05, 0.1) is 0 Å². The monoisotopic (exact) mass is 289 g/mol. The van der Waals surface area contributed by atoms with Crippen molar-refractivity contribution in [3.8, 4) is 0 Å². The van der Waals surface area contributed by atoms with Crippen LogP contribution in [0, 0.1) is 0 Å². The normalized spacial score (nSPS) is 25.6. The Hall–Kier alpha value is -0.620. The van der Waals surface area contributed by atoms with E-state index in [1.807, 2.05) is 46.9 Å². The van der Waals surface area contributed by atoms with Gasteiger partial charge in [-0.05, 0) is 33.7 Å². The Morgan fingerprint density at radius 3 is 2.92 bits per heavy atom. The van der Waals surface area contributed by atoms with Gasteiger partial charge in [-0.3, -0.25) is 5.32 Å². The van der Waals surface area contributed by atoms with Gasteiger partial charge >= 0.3 is 5.97 Å². The molecular formula is C9H8INO2. The molecule has 1 aromatic rings. The fourth-order valence-electron chi connectivity index (χ4n) is 1.51. The number of fused-ring (bicyclic) bond motifs is 1. The van der Waals surface area contributed by atoms with Gasteiger partial charge in [-0.25, -0.2) is 4.79 Å². The second kappa shape index (κ2) is 2.95. The van der Waals surface area contributed by atoms with Crippen molar-refractivity contribution in [2.45, 2.75) is 10.1 Å². The summed E-state index contributed by atoms with van der Waals surface area (Å²) in [5.41, 5.74) is 1.93. The van der Waals surface area contributed by atoms with Crippen LogP contribution in [0.4, 0.5) is 0 Å². The first-order valence-electron chi connectivity index (χ1n) is 3.90. The highest BCUT2D eigenvalue weighted by atomic mass is 127. The fraction of sp³-hybridized carbons (Fsp3) is 0.222. The van der Waals surface area contributed by atoms with Gasteiger partial charge in [-0.15, -0.1) is 0 Å². The van der Waals surface area contributed by atoms with Crippen LogP contribution in [0.25, 0.3) is 0 Å². The van der Waals surface area contributed by atoms with E-state index in [-0.39, 0.29) is 0 Å². The summed E-state index contributed by atoms with van der Waals surface area (Å²) in [5, 5.41) is 12.0. The Balaban J connectivity index is 2.55. The molecule has 0 aliphatic carbocycles. The number of carboxylic acids is 1. The van der Waals surface area contributed by atoms with E-state index in [1.165, 1.54) is 0 Å². The Labute approximate surface area is 89.3 Å². The maximum Gasteiger partial charge on any atom is 0.338 e. The summed E-state index contributed by atoms with van der Waals surface area (Å²) in [5.74, 6) is -0.835. The Morgan fingerprint density at radius 2 is 2.23 bits per heavy atom. The highest BCUT2D eigenvalue weighted by Crippen LogP contribution is 2.36. The molecule has 0 radical (unpaired) electrons. The molecular weight excluding hydrogens is 281 g/mol. The lowest BCUT2D eigenvalue weighted by Crippen LogP contribution is -2.38. The number of halogens is 1. The number of benzene rings is 1. The first kappa shape index (κ1) is 8.96. The molecule has 68 valence electrons. The molecule has 0 unspecified atom stereocenters. The molecule has 13 heavy (non-hydrogen) atoms. The van der Waals surface area contributed by atoms with Crippen LogP contribution in [-0.2, 0) is 14.9 Å². The Morgan fingerprint density at radius 1 is 1.54 bits per heavy atom. The number of hydrogen-bond acceptors (Lipinski definition) is 2. The lowest BCUT2D eigenvalue weighted by Gasteiger charge is -2.17. The van der Waals surface area contributed by atoms with Crippen LogP contribution < -0.4 is 5.32 Å². The van der Waals surface area contributed by atoms with Crippen LogP contribution in [0.3, 0.4) is 0 Å². The highest BCUT2D eigenvalue weighted by molar-refractivity contribution is 14.1. The van der Waals surface area contributed by atoms with Gasteiger partial charge in [0.15, 0.2) is 3.55 Å². The van der Waals surface area contributed by atoms with Crippen molar-refractivity contribution in [3.05, 3.63) is 35.4 Å². The minimum atomic E-state index is -0.936. The van der Waals surface area contributed by atoms with Gasteiger partial charge in [-0.2, -0.15) is 0 Å². The molecule has 4 heteroatoms. The Kier molecular flexibility index (Phi) is 2.03. The quantitative estimate of drug-likeness (QED) is 0.467. The van der Waals surface area contributed by atoms with Gasteiger partial charge in [0.2, 0.25) is 0 Å². The lowest BCUT2D eigenvalue weighted by molar-refractivity contribution is -0.140. The number of carbonyl (C=O) groups is 1. The molecule has 1 aromatic carbocycles. The van der Waals surface area contributed by atoms with Crippen molar-refractivity contribution >= 4 is 28.6 Å². The molecule has 0 amide bonds. The van der Waals surface area contributed by atoms with E-state index in [1.54, 1.807) is 0 Å². The maximum absolute atomic E-state index is 11.0. The number of carboxylic acid groups (broad SMARTS) is 1. The molecule has 2 N–H and O–H groups in total. The van der Waals surface area contributed by atoms with E-state index in [2.05, 4.69) is 5.32 Å². The SMILES string of the molecule is O=C(O)[C@]1(I)NCc2ccccc21. The van der Waals surface area contributed by atoms with E-state index in [0.29, 0.717) is 6.54 Å². The van der Waals surface area contributed by atoms with Gasteiger partial charge < -0.3 is 5.11 Å². The summed E-state index contributed by atoms with van der Waals surface area (Å²) in [4.78, 5) is 11.0. The summed E-state index contributed by atoms with van der Waals surface area (Å²) in [6.45, 7) is 0.630. The summed E-state index contributed by atoms with van der Waals surface area (Å²) < 4.78 is -0.936. The average Bonchev–Trinajstić information content (AvgIpc) is 2.47. The summed E-state index contributed by atoms with van der Waals surface area (Å²) >= 11 is 1.94. The van der Waals surface area contributed by atoms with Crippen LogP contribution in [0.1, 0.15) is 11.1 Å². The molecule has 1 aliphatic rings. The second-order valence-electron chi connectivity index (χ2n) is 2.97. The summed E-state index contributed by atoms with van der Waals surface area (Å²) in [6.07, 6.45) is 0. The van der Waals surface area contributed by atoms with E-state index in [4.69, 9.17) is 5.11 Å². The molecule has 0 saturated heterocycles. The third-order valence-electron chi connectivity index (χ3n) is 2.21. The standard InChI is InChI=1S/C9H8INO2/c10-9(8(12)13)7-4-2-1-3-6(7)5-11-9/h1-4,11H,5H2,(H,12,13)/t9-/m1/s1. The molecule has 0 saturated carbocycles. The minimum absolute atomic E-state index is 0.630. The number of aliphatic carboxylic acids is 1. The average molecular weight is 289 g/mol. The molecule has 0 bridgehead atoms. The molecule has 0 spiro atoms. The zero-order valence-electron chi connectivity index (χ0n) is 6.75. The first-order valence-corrected chi connectivity index (χ1v) is 4.98. The molecule has 1 heterocycles. The van der Waals surface area contributed by atoms with E-state index >= 15 is 0 Å². The van der Waals surface area contributed by atoms with Crippen molar-refractivity contribution in [1.82, 2.24) is 5.32 Å². The molecule has 3 nitrogen and oxygen atoms in total. The predicted molar refractivity (Wildman–Crippen MR) is 56.6 cm³/mol. The van der Waals surface area contributed by atoms with Crippen molar-refractivity contribution in [3.63, 3.8) is 0 Å². The minimum Gasteiger partial charge on any atom is -0.479 e. The van der Waals surface area contributed by atoms with Crippen molar-refractivity contribution in [2.24, 2.45) is 0 Å². The maximum atomic E-state index is 11.0. The lowest BCUT2D eigenvalue weighted by atomic mass is 10.1. The van der Waals surface area contributed by atoms with Gasteiger partial charge in [-0.1, -0.05) is 24.3 Å². The topological polar surface area (TPSA) is 49.3 Å². The fourth-order valence-corrected chi connectivity index (χ4v) is 2.23. The summed E-state index contributed by atoms with van der Waals surface area (Å²) in [6, 6.07) is 7.59. The molecule has 1 atom stereocenters. The van der Waals surface area contributed by atoms with Crippen molar-refractivity contribution < 1.29 is 9.90 Å². The van der Waals surface area contributed by atoms with Gasteiger partial charge in [0.1, 0.15) is 0 Å². The predicted octanol–water partition coefficient (Wildman–Crippen LogP) is 1.46. The van der Waals surface area contributed by atoms with Gasteiger partial charge in [0.25, 0.3) is 0 Å². The van der Waals surface area contributed by atoms with Crippen LogP contribution in [0.2, 0.25) is 0 Å². The molecule has 0 aromatic heterocycles. The largest absolute Gasteiger partial charge is 0.479 e. The van der Waals surface area contributed by atoms with Gasteiger partial charge in [0, 0.05) is 6.54 Å². The second-order valence-corrected chi connectivity index (χ2v) is 4.59. The molecule has 0 fully saturated rings. The van der Waals surface area contributed by atoms with E-state index < -0.39 is 9.51 Å². The number of hydrogen-bond donors (Lipinski definition) is 2. The molecule has 2 rings (SSSR count). The number of alkyl halides is 1.